The molecule has 1 aromatic heterocycles. The van der Waals surface area contributed by atoms with Gasteiger partial charge in [0.25, 0.3) is 0 Å². The van der Waals surface area contributed by atoms with Crippen molar-refractivity contribution in [3.63, 3.8) is 0 Å². The van der Waals surface area contributed by atoms with Crippen molar-refractivity contribution in [1.82, 2.24) is 10.3 Å². The Bertz CT molecular complexity index is 864. The maximum Gasteiger partial charge on any atom is 0.404 e. The third kappa shape index (κ3) is 3.38. The van der Waals surface area contributed by atoms with Crippen LogP contribution in [0.3, 0.4) is 0 Å². The number of aliphatic hydroxyl groups excluding tert-OH is 1. The fourth-order valence-corrected chi connectivity index (χ4v) is 3.35. The number of hydrogen-bond donors (Lipinski definition) is 4. The van der Waals surface area contributed by atoms with Gasteiger partial charge in [-0.1, -0.05) is 6.07 Å². The first-order valence-electron chi connectivity index (χ1n) is 8.14. The summed E-state index contributed by atoms with van der Waals surface area (Å²) in [6, 6.07) is 8.66. The number of benzene rings is 1. The Labute approximate surface area is 150 Å². The molecule has 8 nitrogen and oxygen atoms in total. The van der Waals surface area contributed by atoms with Crippen molar-refractivity contribution < 1.29 is 15.0 Å². The van der Waals surface area contributed by atoms with Crippen molar-refractivity contribution in [2.75, 3.05) is 23.8 Å². The maximum atomic E-state index is 10.9. The van der Waals surface area contributed by atoms with E-state index in [0.717, 1.165) is 5.56 Å². The summed E-state index contributed by atoms with van der Waals surface area (Å²) in [6.45, 7) is 0.293. The summed E-state index contributed by atoms with van der Waals surface area (Å²) in [7, 11) is 0. The first-order chi connectivity index (χ1) is 12.5. The van der Waals surface area contributed by atoms with E-state index in [-0.39, 0.29) is 18.7 Å². The molecule has 1 amide bonds. The Kier molecular flexibility index (Phi) is 4.91. The Morgan fingerprint density at radius 1 is 1.46 bits per heavy atom. The van der Waals surface area contributed by atoms with Crippen LogP contribution in [0.25, 0.3) is 11.1 Å². The lowest BCUT2D eigenvalue weighted by atomic mass is 10.0. The Morgan fingerprint density at radius 3 is 2.96 bits per heavy atom. The molecule has 2 aromatic rings. The highest BCUT2D eigenvalue weighted by Crippen LogP contribution is 2.35. The van der Waals surface area contributed by atoms with Gasteiger partial charge in [0, 0.05) is 24.5 Å². The molecule has 5 N–H and O–H groups in total. The molecule has 3 rings (SSSR count). The highest BCUT2D eigenvalue weighted by molar-refractivity contribution is 5.79. The number of nitrogens with zero attached hydrogens (tertiary/aromatic N) is 3. The van der Waals surface area contributed by atoms with Gasteiger partial charge < -0.3 is 26.2 Å². The highest BCUT2D eigenvalue weighted by Gasteiger charge is 2.33. The third-order valence-electron chi connectivity index (χ3n) is 4.55. The van der Waals surface area contributed by atoms with Crippen molar-refractivity contribution in [2.24, 2.45) is 0 Å². The number of aromatic nitrogens is 1. The second kappa shape index (κ2) is 7.29. The van der Waals surface area contributed by atoms with Gasteiger partial charge in [0.05, 0.1) is 41.7 Å². The fraction of sp³-hybridized carbons (Fsp3) is 0.278. The molecule has 1 aliphatic heterocycles. The second-order valence-electron chi connectivity index (χ2n) is 6.18. The summed E-state index contributed by atoms with van der Waals surface area (Å²) >= 11 is 0. The number of carboxylic acid groups (broad SMARTS) is 1. The van der Waals surface area contributed by atoms with Crippen LogP contribution in [0, 0.1) is 11.3 Å². The molecule has 1 aliphatic rings. The third-order valence-corrected chi connectivity index (χ3v) is 4.55. The molecule has 0 aliphatic carbocycles. The molecule has 1 fully saturated rings. The van der Waals surface area contributed by atoms with Gasteiger partial charge >= 0.3 is 6.09 Å². The summed E-state index contributed by atoms with van der Waals surface area (Å²) in [5, 5.41) is 30.4. The first kappa shape index (κ1) is 17.5. The van der Waals surface area contributed by atoms with Crippen LogP contribution >= 0.6 is 0 Å². The van der Waals surface area contributed by atoms with E-state index in [1.165, 1.54) is 0 Å². The fourth-order valence-electron chi connectivity index (χ4n) is 3.35. The summed E-state index contributed by atoms with van der Waals surface area (Å²) < 4.78 is 0. The zero-order valence-corrected chi connectivity index (χ0v) is 14.0. The van der Waals surface area contributed by atoms with Gasteiger partial charge in [-0.3, -0.25) is 4.98 Å². The van der Waals surface area contributed by atoms with Crippen LogP contribution in [0.4, 0.5) is 16.2 Å². The Morgan fingerprint density at radius 2 is 2.27 bits per heavy atom. The molecular weight excluding hydrogens is 334 g/mol. The molecule has 2 atom stereocenters. The monoisotopic (exact) mass is 353 g/mol. The molecular formula is C18H19N5O3. The number of amides is 1. The zero-order valence-electron chi connectivity index (χ0n) is 14.0. The van der Waals surface area contributed by atoms with E-state index < -0.39 is 6.09 Å². The molecule has 0 bridgehead atoms. The lowest BCUT2D eigenvalue weighted by Gasteiger charge is -2.27. The predicted molar refractivity (Wildman–Crippen MR) is 96.6 cm³/mol. The van der Waals surface area contributed by atoms with E-state index in [1.54, 1.807) is 24.5 Å². The van der Waals surface area contributed by atoms with Gasteiger partial charge in [0.1, 0.15) is 0 Å². The minimum atomic E-state index is -1.09. The van der Waals surface area contributed by atoms with Crippen LogP contribution in [0.1, 0.15) is 12.0 Å². The Balaban J connectivity index is 1.98. The van der Waals surface area contributed by atoms with Crippen LogP contribution in [0.5, 0.6) is 0 Å². The van der Waals surface area contributed by atoms with Gasteiger partial charge in [-0.05, 0) is 30.2 Å². The van der Waals surface area contributed by atoms with Gasteiger partial charge in [0.15, 0.2) is 0 Å². The summed E-state index contributed by atoms with van der Waals surface area (Å²) in [6.07, 6.45) is 2.58. The summed E-state index contributed by atoms with van der Waals surface area (Å²) in [5.41, 5.74) is 9.33. The molecule has 2 heterocycles. The summed E-state index contributed by atoms with van der Waals surface area (Å²) in [5.74, 6) is 0. The molecule has 0 radical (unpaired) electrons. The minimum absolute atomic E-state index is 0.113. The number of anilines is 2. The average molecular weight is 353 g/mol. The number of rotatable bonds is 4. The van der Waals surface area contributed by atoms with E-state index in [1.807, 2.05) is 17.0 Å². The number of nitrogens with two attached hydrogens (primary N) is 1. The van der Waals surface area contributed by atoms with Crippen molar-refractivity contribution in [1.29, 1.82) is 5.26 Å². The van der Waals surface area contributed by atoms with E-state index >= 15 is 0 Å². The largest absolute Gasteiger partial charge is 0.465 e. The zero-order chi connectivity index (χ0) is 18.7. The number of pyridine rings is 1. The second-order valence-corrected chi connectivity index (χ2v) is 6.18. The summed E-state index contributed by atoms with van der Waals surface area (Å²) in [4.78, 5) is 16.9. The van der Waals surface area contributed by atoms with Gasteiger partial charge in [0.2, 0.25) is 0 Å². The van der Waals surface area contributed by atoms with E-state index in [2.05, 4.69) is 16.4 Å². The molecule has 26 heavy (non-hydrogen) atoms. The van der Waals surface area contributed by atoms with Crippen LogP contribution in [0.2, 0.25) is 0 Å². The molecule has 0 spiro atoms. The van der Waals surface area contributed by atoms with Gasteiger partial charge in [-0.25, -0.2) is 4.79 Å². The SMILES string of the molecule is N#Cc1ccncc1-c1ccc(N)c(N2C[C@@H](NC(=O)O)C[C@H]2CO)c1. The molecule has 1 aromatic carbocycles. The minimum Gasteiger partial charge on any atom is -0.465 e. The van der Waals surface area contributed by atoms with Gasteiger partial charge in [-0.2, -0.15) is 5.26 Å². The first-order valence-corrected chi connectivity index (χ1v) is 8.14. The van der Waals surface area contributed by atoms with Crippen molar-refractivity contribution in [3.05, 3.63) is 42.2 Å². The molecule has 0 unspecified atom stereocenters. The topological polar surface area (TPSA) is 136 Å². The van der Waals surface area contributed by atoms with E-state index in [0.29, 0.717) is 35.5 Å². The van der Waals surface area contributed by atoms with Crippen LogP contribution in [-0.2, 0) is 0 Å². The average Bonchev–Trinajstić information content (AvgIpc) is 3.04. The molecule has 1 saturated heterocycles. The lowest BCUT2D eigenvalue weighted by Crippen LogP contribution is -2.36. The van der Waals surface area contributed by atoms with E-state index in [9.17, 15) is 15.2 Å². The maximum absolute atomic E-state index is 10.9. The van der Waals surface area contributed by atoms with Crippen molar-refractivity contribution in [3.8, 4) is 17.2 Å². The number of carbonyl (C=O) groups is 1. The number of aliphatic hydroxyl groups is 1. The van der Waals surface area contributed by atoms with Crippen LogP contribution in [0.15, 0.2) is 36.7 Å². The normalized spacial score (nSPS) is 19.2. The molecule has 8 heteroatoms. The van der Waals surface area contributed by atoms with Crippen molar-refractivity contribution in [2.45, 2.75) is 18.5 Å². The van der Waals surface area contributed by atoms with Crippen LogP contribution < -0.4 is 16.0 Å². The van der Waals surface area contributed by atoms with E-state index in [4.69, 9.17) is 10.8 Å². The standard InChI is InChI=1S/C18H19N5O3/c19-7-12-3-4-21-8-15(12)11-1-2-16(20)17(5-11)23-9-13(22-18(25)26)6-14(23)10-24/h1-5,8,13-14,22,24H,6,9-10,20H2,(H,25,26)/t13-,14-/m0/s1. The molecule has 0 saturated carbocycles. The molecule has 134 valence electrons. The number of hydrogen-bond acceptors (Lipinski definition) is 6. The lowest BCUT2D eigenvalue weighted by molar-refractivity contribution is 0.190. The van der Waals surface area contributed by atoms with Crippen molar-refractivity contribution >= 4 is 17.5 Å². The highest BCUT2D eigenvalue weighted by atomic mass is 16.4. The number of nitrogens with one attached hydrogen (secondary N) is 1. The van der Waals surface area contributed by atoms with Crippen LogP contribution in [-0.4, -0.2) is 46.5 Å². The quantitative estimate of drug-likeness (QED) is 0.610. The predicted octanol–water partition coefficient (Wildman–Crippen LogP) is 1.41. The number of nitriles is 1. The smallest absolute Gasteiger partial charge is 0.404 e. The Hall–Kier alpha value is -3.31. The van der Waals surface area contributed by atoms with Gasteiger partial charge in [-0.15, -0.1) is 0 Å². The number of nitrogen functional groups attached to an aromatic ring is 1.